The second-order valence-corrected chi connectivity index (χ2v) is 6.54. The van der Waals surface area contributed by atoms with Crippen molar-refractivity contribution >= 4 is 55.5 Å². The molecule has 0 aliphatic rings. The highest BCUT2D eigenvalue weighted by atomic mass is 35.5. The monoisotopic (exact) mass is 338 g/mol. The van der Waals surface area contributed by atoms with Crippen LogP contribution in [0.1, 0.15) is 9.67 Å². The van der Waals surface area contributed by atoms with Crippen molar-refractivity contribution in [3.8, 4) is 0 Å². The van der Waals surface area contributed by atoms with Gasteiger partial charge in [0.15, 0.2) is 0 Å². The predicted molar refractivity (Wildman–Crippen MR) is 96.5 cm³/mol. The number of hydrogen-bond donors (Lipinski definition) is 1. The minimum atomic E-state index is -0.195. The molecule has 0 spiro atoms. The molecule has 0 radical (unpaired) electrons. The lowest BCUT2D eigenvalue weighted by molar-refractivity contribution is 0.103. The normalized spacial score (nSPS) is 11.0. The number of carbonyl (C=O) groups excluding carboxylic acids is 1. The fourth-order valence-corrected chi connectivity index (χ4v) is 3.91. The largest absolute Gasteiger partial charge is 0.321 e. The van der Waals surface area contributed by atoms with Gasteiger partial charge in [0, 0.05) is 27.4 Å². The highest BCUT2D eigenvalue weighted by Crippen LogP contribution is 2.35. The van der Waals surface area contributed by atoms with Crippen molar-refractivity contribution in [1.82, 2.24) is 4.98 Å². The Hall–Kier alpha value is -2.43. The molecule has 2 aromatic carbocycles. The number of nitrogens with one attached hydrogen (secondary N) is 1. The molecule has 0 bridgehead atoms. The Morgan fingerprint density at radius 2 is 1.96 bits per heavy atom. The zero-order chi connectivity index (χ0) is 15.8. The summed E-state index contributed by atoms with van der Waals surface area (Å²) in [6.07, 6.45) is 1.75. The molecule has 4 aromatic rings. The topological polar surface area (TPSA) is 42.0 Å². The third kappa shape index (κ3) is 2.56. The van der Waals surface area contributed by atoms with E-state index in [0.717, 1.165) is 26.7 Å². The van der Waals surface area contributed by atoms with Gasteiger partial charge >= 0.3 is 0 Å². The third-order valence-electron chi connectivity index (χ3n) is 3.60. The number of nitrogens with zero attached hydrogens (tertiary/aromatic N) is 1. The van der Waals surface area contributed by atoms with E-state index in [9.17, 15) is 4.79 Å². The summed E-state index contributed by atoms with van der Waals surface area (Å²) in [6, 6.07) is 17.2. The smallest absolute Gasteiger partial charge is 0.267 e. The van der Waals surface area contributed by atoms with Crippen molar-refractivity contribution in [2.75, 3.05) is 5.32 Å². The van der Waals surface area contributed by atoms with Crippen LogP contribution in [0.25, 0.3) is 21.0 Å². The molecule has 2 heterocycles. The molecule has 112 valence electrons. The molecular weight excluding hydrogens is 328 g/mol. The van der Waals surface area contributed by atoms with E-state index >= 15 is 0 Å². The second-order valence-electron chi connectivity index (χ2n) is 5.11. The van der Waals surface area contributed by atoms with Crippen LogP contribution >= 0.6 is 22.9 Å². The maximum atomic E-state index is 12.5. The molecule has 1 N–H and O–H groups in total. The van der Waals surface area contributed by atoms with E-state index in [1.165, 1.54) is 11.3 Å². The molecule has 0 aliphatic carbocycles. The van der Waals surface area contributed by atoms with Crippen LogP contribution in [0.3, 0.4) is 0 Å². The quantitative estimate of drug-likeness (QED) is 0.535. The number of fused-ring (bicyclic) bond motifs is 2. The molecule has 0 saturated carbocycles. The van der Waals surface area contributed by atoms with Gasteiger partial charge in [0.2, 0.25) is 0 Å². The lowest BCUT2D eigenvalue weighted by atomic mass is 10.2. The van der Waals surface area contributed by atoms with Crippen LogP contribution in [0, 0.1) is 0 Å². The number of benzene rings is 2. The first kappa shape index (κ1) is 14.2. The van der Waals surface area contributed by atoms with E-state index < -0.39 is 0 Å². The van der Waals surface area contributed by atoms with Crippen LogP contribution in [-0.4, -0.2) is 10.9 Å². The lowest BCUT2D eigenvalue weighted by Gasteiger charge is -2.05. The first-order chi connectivity index (χ1) is 11.2. The molecular formula is C18H11ClN2OS. The first-order valence-corrected chi connectivity index (χ1v) is 8.25. The van der Waals surface area contributed by atoms with Crippen molar-refractivity contribution in [2.45, 2.75) is 0 Å². The number of anilines is 1. The molecule has 0 atom stereocenters. The number of amides is 1. The number of rotatable bonds is 2. The molecule has 1 amide bonds. The van der Waals surface area contributed by atoms with E-state index in [0.29, 0.717) is 9.90 Å². The van der Waals surface area contributed by atoms with E-state index in [-0.39, 0.29) is 5.91 Å². The highest BCUT2D eigenvalue weighted by molar-refractivity contribution is 7.21. The van der Waals surface area contributed by atoms with Gasteiger partial charge in [-0.2, -0.15) is 0 Å². The van der Waals surface area contributed by atoms with Gasteiger partial charge in [0.25, 0.3) is 5.91 Å². The van der Waals surface area contributed by atoms with E-state index in [1.807, 2.05) is 54.6 Å². The van der Waals surface area contributed by atoms with Crippen molar-refractivity contribution in [3.05, 3.63) is 70.7 Å². The molecule has 0 saturated heterocycles. The minimum absolute atomic E-state index is 0.195. The molecule has 0 aliphatic heterocycles. The van der Waals surface area contributed by atoms with Crippen LogP contribution in [0.15, 0.2) is 60.8 Å². The van der Waals surface area contributed by atoms with Gasteiger partial charge < -0.3 is 5.32 Å². The van der Waals surface area contributed by atoms with Gasteiger partial charge in [-0.05, 0) is 30.3 Å². The molecule has 3 nitrogen and oxygen atoms in total. The fraction of sp³-hybridized carbons (Fsp3) is 0. The zero-order valence-electron chi connectivity index (χ0n) is 11.9. The predicted octanol–water partition coefficient (Wildman–Crippen LogP) is 5.36. The lowest BCUT2D eigenvalue weighted by Crippen LogP contribution is -2.10. The first-order valence-electron chi connectivity index (χ1n) is 7.05. The number of pyridine rings is 1. The van der Waals surface area contributed by atoms with Crippen LogP contribution < -0.4 is 5.32 Å². The molecule has 0 fully saturated rings. The maximum absolute atomic E-state index is 12.5. The van der Waals surface area contributed by atoms with Gasteiger partial charge in [-0.1, -0.05) is 35.9 Å². The Morgan fingerprint density at radius 3 is 2.83 bits per heavy atom. The summed E-state index contributed by atoms with van der Waals surface area (Å²) in [5, 5.41) is 5.31. The number of aromatic nitrogens is 1. The van der Waals surface area contributed by atoms with Crippen molar-refractivity contribution < 1.29 is 4.79 Å². The summed E-state index contributed by atoms with van der Waals surface area (Å²) in [4.78, 5) is 17.3. The maximum Gasteiger partial charge on any atom is 0.267 e. The number of thiophene rings is 1. The summed E-state index contributed by atoms with van der Waals surface area (Å²) < 4.78 is 1.00. The average molecular weight is 339 g/mol. The summed E-state index contributed by atoms with van der Waals surface area (Å²) in [5.74, 6) is -0.195. The standard InChI is InChI=1S/C18H11ClN2OS/c19-16-13-5-1-2-6-15(13)23-17(16)18(22)21-12-7-8-14-11(10-12)4-3-9-20-14/h1-10H,(H,21,22). The number of halogens is 1. The summed E-state index contributed by atoms with van der Waals surface area (Å²) in [6.45, 7) is 0. The van der Waals surface area contributed by atoms with Crippen LogP contribution in [0.4, 0.5) is 5.69 Å². The van der Waals surface area contributed by atoms with Gasteiger partial charge in [-0.25, -0.2) is 0 Å². The molecule has 4 rings (SSSR count). The summed E-state index contributed by atoms with van der Waals surface area (Å²) in [5.41, 5.74) is 1.62. The Balaban J connectivity index is 1.69. The van der Waals surface area contributed by atoms with Crippen molar-refractivity contribution in [3.63, 3.8) is 0 Å². The Labute approximate surface area is 141 Å². The third-order valence-corrected chi connectivity index (χ3v) is 5.28. The zero-order valence-corrected chi connectivity index (χ0v) is 13.5. The summed E-state index contributed by atoms with van der Waals surface area (Å²) in [7, 11) is 0. The Morgan fingerprint density at radius 1 is 1.09 bits per heavy atom. The average Bonchev–Trinajstić information content (AvgIpc) is 2.92. The fourth-order valence-electron chi connectivity index (χ4n) is 2.50. The van der Waals surface area contributed by atoms with Crippen LogP contribution in [0.5, 0.6) is 0 Å². The minimum Gasteiger partial charge on any atom is -0.321 e. The Kier molecular flexibility index (Phi) is 3.48. The van der Waals surface area contributed by atoms with Crippen molar-refractivity contribution in [1.29, 1.82) is 0 Å². The second kappa shape index (κ2) is 5.65. The number of carbonyl (C=O) groups is 1. The van der Waals surface area contributed by atoms with Crippen LogP contribution in [0.2, 0.25) is 5.02 Å². The Bertz CT molecular complexity index is 1040. The summed E-state index contributed by atoms with van der Waals surface area (Å²) >= 11 is 7.75. The molecule has 23 heavy (non-hydrogen) atoms. The van der Waals surface area contributed by atoms with Gasteiger partial charge in [0.05, 0.1) is 10.5 Å². The van der Waals surface area contributed by atoms with Gasteiger partial charge in [-0.3, -0.25) is 9.78 Å². The van der Waals surface area contributed by atoms with Crippen LogP contribution in [-0.2, 0) is 0 Å². The SMILES string of the molecule is O=C(Nc1ccc2ncccc2c1)c1sc2ccccc2c1Cl. The molecule has 2 aromatic heterocycles. The molecule has 5 heteroatoms. The molecule has 0 unspecified atom stereocenters. The van der Waals surface area contributed by atoms with E-state index in [1.54, 1.807) is 6.20 Å². The number of hydrogen-bond acceptors (Lipinski definition) is 3. The highest BCUT2D eigenvalue weighted by Gasteiger charge is 2.17. The van der Waals surface area contributed by atoms with E-state index in [4.69, 9.17) is 11.6 Å². The van der Waals surface area contributed by atoms with E-state index in [2.05, 4.69) is 10.3 Å². The van der Waals surface area contributed by atoms with Crippen molar-refractivity contribution in [2.24, 2.45) is 0 Å². The van der Waals surface area contributed by atoms with Gasteiger partial charge in [0.1, 0.15) is 4.88 Å². The van der Waals surface area contributed by atoms with Gasteiger partial charge in [-0.15, -0.1) is 11.3 Å².